The molecule has 1 atom stereocenters. The minimum Gasteiger partial charge on any atom is -0.506 e. The zero-order valence-electron chi connectivity index (χ0n) is 14.7. The first-order valence-electron chi connectivity index (χ1n) is 8.93. The van der Waals surface area contributed by atoms with E-state index in [2.05, 4.69) is 5.10 Å². The maximum atomic E-state index is 13.0. The molecule has 0 aromatic heterocycles. The van der Waals surface area contributed by atoms with Gasteiger partial charge < -0.3 is 9.84 Å². The van der Waals surface area contributed by atoms with E-state index in [1.54, 1.807) is 13.0 Å². The van der Waals surface area contributed by atoms with Crippen molar-refractivity contribution in [1.29, 1.82) is 0 Å². The number of hydrogen-bond donors (Lipinski definition) is 1. The van der Waals surface area contributed by atoms with Crippen LogP contribution in [0.2, 0.25) is 0 Å². The minimum absolute atomic E-state index is 0.00590. The largest absolute Gasteiger partial charge is 0.506 e. The summed E-state index contributed by atoms with van der Waals surface area (Å²) in [5.41, 5.74) is -0.914. The molecule has 5 nitrogen and oxygen atoms in total. The second-order valence-electron chi connectivity index (χ2n) is 7.31. The van der Waals surface area contributed by atoms with Crippen molar-refractivity contribution >= 4 is 11.7 Å². The average Bonchev–Trinajstić information content (AvgIpc) is 3.28. The topological polar surface area (TPSA) is 62.1 Å². The Morgan fingerprint density at radius 3 is 2.67 bits per heavy atom. The molecule has 1 aromatic rings. The van der Waals surface area contributed by atoms with Gasteiger partial charge >= 0.3 is 12.1 Å². The number of ether oxygens (including phenoxy) is 1. The standard InChI is InChI=1S/C19H19F3N2O3/c1-11-9-14(12-5-4-6-13(10-12)19(20,21)22)23-24(11)15-16(25)18(27-17(15)26)7-2-3-8-18/h4-6,10-11,25H,2-3,7-9H2,1H3. The number of benzene rings is 1. The predicted octanol–water partition coefficient (Wildman–Crippen LogP) is 4.14. The Morgan fingerprint density at radius 2 is 2.00 bits per heavy atom. The van der Waals surface area contributed by atoms with E-state index in [4.69, 9.17) is 4.74 Å². The number of alkyl halides is 3. The number of hydrazone groups is 1. The lowest BCUT2D eigenvalue weighted by atomic mass is 9.99. The fourth-order valence-corrected chi connectivity index (χ4v) is 4.03. The molecule has 1 spiro atoms. The smallest absolute Gasteiger partial charge is 0.416 e. The van der Waals surface area contributed by atoms with Crippen molar-refractivity contribution in [2.75, 3.05) is 0 Å². The summed E-state index contributed by atoms with van der Waals surface area (Å²) in [6, 6.07) is 4.67. The Morgan fingerprint density at radius 1 is 1.30 bits per heavy atom. The zero-order chi connectivity index (χ0) is 19.4. The SMILES string of the molecule is CC1CC(c2cccc(C(F)(F)F)c2)=NN1C1=C(O)C2(CCCC2)OC1=O. The van der Waals surface area contributed by atoms with E-state index in [-0.39, 0.29) is 17.5 Å². The quantitative estimate of drug-likeness (QED) is 0.784. The van der Waals surface area contributed by atoms with Crippen molar-refractivity contribution in [3.63, 3.8) is 0 Å². The van der Waals surface area contributed by atoms with Gasteiger partial charge in [-0.25, -0.2) is 4.79 Å². The number of aliphatic hydroxyl groups is 1. The highest BCUT2D eigenvalue weighted by Crippen LogP contribution is 2.45. The molecule has 2 heterocycles. The van der Waals surface area contributed by atoms with Crippen molar-refractivity contribution in [1.82, 2.24) is 5.01 Å². The number of carbonyl (C=O) groups is 1. The van der Waals surface area contributed by atoms with Gasteiger partial charge in [0.05, 0.1) is 17.3 Å². The van der Waals surface area contributed by atoms with Crippen molar-refractivity contribution < 1.29 is 27.8 Å². The van der Waals surface area contributed by atoms with Crippen molar-refractivity contribution in [2.45, 2.75) is 56.8 Å². The zero-order valence-corrected chi connectivity index (χ0v) is 14.7. The molecule has 2 aliphatic heterocycles. The lowest BCUT2D eigenvalue weighted by molar-refractivity contribution is -0.149. The van der Waals surface area contributed by atoms with Crippen LogP contribution in [0.4, 0.5) is 13.2 Å². The summed E-state index contributed by atoms with van der Waals surface area (Å²) in [4.78, 5) is 12.4. The second-order valence-corrected chi connectivity index (χ2v) is 7.31. The van der Waals surface area contributed by atoms with Crippen molar-refractivity contribution in [2.24, 2.45) is 5.10 Å². The molecular formula is C19H19F3N2O3. The van der Waals surface area contributed by atoms with Crippen LogP contribution in [0.3, 0.4) is 0 Å². The number of nitrogens with zero attached hydrogens (tertiary/aromatic N) is 2. The molecule has 144 valence electrons. The molecule has 0 radical (unpaired) electrons. The van der Waals surface area contributed by atoms with Gasteiger partial charge in [-0.2, -0.15) is 18.3 Å². The van der Waals surface area contributed by atoms with E-state index in [0.29, 0.717) is 30.5 Å². The Labute approximate surface area is 154 Å². The van der Waals surface area contributed by atoms with Crippen LogP contribution in [-0.2, 0) is 15.7 Å². The average molecular weight is 380 g/mol. The normalized spacial score (nSPS) is 24.7. The number of hydrogen-bond acceptors (Lipinski definition) is 5. The third-order valence-electron chi connectivity index (χ3n) is 5.44. The molecule has 1 unspecified atom stereocenters. The number of carbonyl (C=O) groups excluding carboxylic acids is 1. The van der Waals surface area contributed by atoms with E-state index in [1.807, 2.05) is 0 Å². The molecule has 1 aromatic carbocycles. The molecule has 1 N–H and O–H groups in total. The number of rotatable bonds is 2. The number of halogens is 3. The van der Waals surface area contributed by atoms with Gasteiger partial charge in [0.15, 0.2) is 17.1 Å². The summed E-state index contributed by atoms with van der Waals surface area (Å²) >= 11 is 0. The lowest BCUT2D eigenvalue weighted by Gasteiger charge is -2.21. The van der Waals surface area contributed by atoms with Crippen LogP contribution in [0.1, 0.15) is 50.2 Å². The van der Waals surface area contributed by atoms with Gasteiger partial charge in [-0.15, -0.1) is 0 Å². The van der Waals surface area contributed by atoms with Crippen LogP contribution in [0.5, 0.6) is 0 Å². The highest BCUT2D eigenvalue weighted by atomic mass is 19.4. The first kappa shape index (κ1) is 17.9. The minimum atomic E-state index is -4.44. The second kappa shape index (κ2) is 6.00. The summed E-state index contributed by atoms with van der Waals surface area (Å²) in [6.45, 7) is 1.80. The van der Waals surface area contributed by atoms with Gasteiger partial charge in [0.1, 0.15) is 0 Å². The molecule has 4 rings (SSSR count). The van der Waals surface area contributed by atoms with Gasteiger partial charge in [0.2, 0.25) is 0 Å². The molecular weight excluding hydrogens is 361 g/mol. The highest BCUT2D eigenvalue weighted by molar-refractivity contribution is 6.03. The van der Waals surface area contributed by atoms with Crippen LogP contribution >= 0.6 is 0 Å². The molecule has 0 amide bonds. The van der Waals surface area contributed by atoms with Crippen LogP contribution < -0.4 is 0 Å². The third-order valence-corrected chi connectivity index (χ3v) is 5.44. The van der Waals surface area contributed by atoms with Gasteiger partial charge in [-0.05, 0) is 50.3 Å². The maximum absolute atomic E-state index is 13.0. The van der Waals surface area contributed by atoms with E-state index < -0.39 is 23.3 Å². The van der Waals surface area contributed by atoms with Crippen molar-refractivity contribution in [3.05, 3.63) is 46.8 Å². The van der Waals surface area contributed by atoms with Crippen molar-refractivity contribution in [3.8, 4) is 0 Å². The molecule has 1 aliphatic carbocycles. The Hall–Kier alpha value is -2.51. The van der Waals surface area contributed by atoms with Crippen LogP contribution in [0.25, 0.3) is 0 Å². The first-order chi connectivity index (χ1) is 12.7. The summed E-state index contributed by atoms with van der Waals surface area (Å²) in [5, 5.41) is 16.4. The third kappa shape index (κ3) is 2.87. The van der Waals surface area contributed by atoms with Gasteiger partial charge in [-0.1, -0.05) is 12.1 Å². The Bertz CT molecular complexity index is 854. The molecule has 0 bridgehead atoms. The maximum Gasteiger partial charge on any atom is 0.416 e. The molecule has 27 heavy (non-hydrogen) atoms. The summed E-state index contributed by atoms with van der Waals surface area (Å²) in [5.74, 6) is -0.735. The van der Waals surface area contributed by atoms with Crippen LogP contribution in [-0.4, -0.2) is 33.4 Å². The fraction of sp³-hybridized carbons (Fsp3) is 0.474. The highest BCUT2D eigenvalue weighted by Gasteiger charge is 2.52. The van der Waals surface area contributed by atoms with E-state index in [0.717, 1.165) is 25.0 Å². The summed E-state index contributed by atoms with van der Waals surface area (Å²) in [7, 11) is 0. The Kier molecular flexibility index (Phi) is 3.98. The predicted molar refractivity (Wildman–Crippen MR) is 90.8 cm³/mol. The molecule has 0 saturated heterocycles. The molecule has 3 aliphatic rings. The number of esters is 1. The molecule has 1 fully saturated rings. The monoisotopic (exact) mass is 380 g/mol. The van der Waals surface area contributed by atoms with Gasteiger partial charge in [0, 0.05) is 6.42 Å². The lowest BCUT2D eigenvalue weighted by Crippen LogP contribution is -2.28. The summed E-state index contributed by atoms with van der Waals surface area (Å²) < 4.78 is 44.4. The van der Waals surface area contributed by atoms with E-state index >= 15 is 0 Å². The first-order valence-corrected chi connectivity index (χ1v) is 8.93. The van der Waals surface area contributed by atoms with E-state index in [9.17, 15) is 23.1 Å². The molecule has 1 saturated carbocycles. The number of aliphatic hydroxyl groups excluding tert-OH is 1. The van der Waals surface area contributed by atoms with Gasteiger partial charge in [-0.3, -0.25) is 5.01 Å². The van der Waals surface area contributed by atoms with Gasteiger partial charge in [0.25, 0.3) is 0 Å². The van der Waals surface area contributed by atoms with E-state index in [1.165, 1.54) is 11.1 Å². The fourth-order valence-electron chi connectivity index (χ4n) is 4.03. The van der Waals surface area contributed by atoms with Crippen LogP contribution in [0.15, 0.2) is 40.8 Å². The molecule has 8 heteroatoms. The van der Waals surface area contributed by atoms with Crippen LogP contribution in [0, 0.1) is 0 Å². The Balaban J connectivity index is 1.69. The summed E-state index contributed by atoms with van der Waals surface area (Å²) in [6.07, 6.45) is -1.22.